The first kappa shape index (κ1) is 18.8. The van der Waals surface area contributed by atoms with Gasteiger partial charge in [0.1, 0.15) is 22.1 Å². The summed E-state index contributed by atoms with van der Waals surface area (Å²) in [6.07, 6.45) is 1.03. The lowest BCUT2D eigenvalue weighted by Gasteiger charge is -2.49. The van der Waals surface area contributed by atoms with Crippen LogP contribution in [0.5, 0.6) is 17.2 Å². The average molecular weight is 398 g/mol. The average Bonchev–Trinajstić information content (AvgIpc) is 3.23. The fourth-order valence-electron chi connectivity index (χ4n) is 4.83. The van der Waals surface area contributed by atoms with Gasteiger partial charge in [-0.25, -0.2) is 0 Å². The maximum Gasteiger partial charge on any atom is 0.214 e. The van der Waals surface area contributed by atoms with Crippen LogP contribution in [0.3, 0.4) is 0 Å². The van der Waals surface area contributed by atoms with Crippen LogP contribution >= 0.6 is 11.6 Å². The SMILES string of the molecule is COc1cc(OC)c2c(c1Cl)O[C@]1(C2=O)C(CN)CC2(C[C@H]1C)OCCO2. The molecule has 148 valence electrons. The zero-order valence-corrected chi connectivity index (χ0v) is 16.4. The van der Waals surface area contributed by atoms with Gasteiger partial charge in [-0.3, -0.25) is 4.79 Å². The van der Waals surface area contributed by atoms with Crippen molar-refractivity contribution < 1.29 is 28.5 Å². The Kier molecular flexibility index (Phi) is 4.54. The second-order valence-electron chi connectivity index (χ2n) is 7.37. The molecule has 0 radical (unpaired) electrons. The molecule has 2 spiro atoms. The zero-order chi connectivity index (χ0) is 19.4. The van der Waals surface area contributed by atoms with Crippen LogP contribution in [0.2, 0.25) is 5.02 Å². The molecule has 27 heavy (non-hydrogen) atoms. The molecule has 2 N–H and O–H groups in total. The van der Waals surface area contributed by atoms with Gasteiger partial charge in [0, 0.05) is 30.7 Å². The van der Waals surface area contributed by atoms with E-state index in [1.807, 2.05) is 6.92 Å². The Hall–Kier alpha value is -1.54. The van der Waals surface area contributed by atoms with Crippen LogP contribution in [0, 0.1) is 11.8 Å². The van der Waals surface area contributed by atoms with Crippen LogP contribution in [0.15, 0.2) is 6.07 Å². The number of halogens is 1. The Morgan fingerprint density at radius 2 is 1.89 bits per heavy atom. The van der Waals surface area contributed by atoms with Gasteiger partial charge in [0.2, 0.25) is 5.78 Å². The second-order valence-corrected chi connectivity index (χ2v) is 7.75. The van der Waals surface area contributed by atoms with Gasteiger partial charge in [-0.2, -0.15) is 0 Å². The molecule has 2 aliphatic heterocycles. The predicted octanol–water partition coefficient (Wildman–Crippen LogP) is 2.42. The number of nitrogens with two attached hydrogens (primary N) is 1. The summed E-state index contributed by atoms with van der Waals surface area (Å²) in [7, 11) is 3.01. The molecule has 1 aromatic carbocycles. The van der Waals surface area contributed by atoms with Crippen LogP contribution in [0.25, 0.3) is 0 Å². The number of fused-ring (bicyclic) bond motifs is 1. The molecule has 3 aliphatic rings. The van der Waals surface area contributed by atoms with Crippen molar-refractivity contribution in [2.75, 3.05) is 34.0 Å². The summed E-state index contributed by atoms with van der Waals surface area (Å²) in [5.41, 5.74) is 5.32. The van der Waals surface area contributed by atoms with Gasteiger partial charge in [0.25, 0.3) is 0 Å². The lowest BCUT2D eigenvalue weighted by molar-refractivity contribution is -0.222. The van der Waals surface area contributed by atoms with Gasteiger partial charge < -0.3 is 29.4 Å². The van der Waals surface area contributed by atoms with Crippen molar-refractivity contribution in [3.8, 4) is 17.2 Å². The quantitative estimate of drug-likeness (QED) is 0.837. The predicted molar refractivity (Wildman–Crippen MR) is 97.8 cm³/mol. The number of carbonyl (C=O) groups excluding carboxylic acids is 1. The van der Waals surface area contributed by atoms with E-state index >= 15 is 0 Å². The first-order chi connectivity index (χ1) is 12.9. The number of carbonyl (C=O) groups is 1. The van der Waals surface area contributed by atoms with E-state index in [1.54, 1.807) is 6.07 Å². The maximum atomic E-state index is 13.6. The summed E-state index contributed by atoms with van der Waals surface area (Å²) >= 11 is 6.47. The summed E-state index contributed by atoms with van der Waals surface area (Å²) in [5, 5.41) is 0.259. The summed E-state index contributed by atoms with van der Waals surface area (Å²) in [6.45, 7) is 3.32. The molecule has 1 saturated heterocycles. The minimum absolute atomic E-state index is 0.158. The van der Waals surface area contributed by atoms with E-state index < -0.39 is 11.4 Å². The Labute approximate surface area is 163 Å². The first-order valence-corrected chi connectivity index (χ1v) is 9.46. The molecule has 0 aromatic heterocycles. The van der Waals surface area contributed by atoms with Crippen molar-refractivity contribution in [2.45, 2.75) is 31.2 Å². The van der Waals surface area contributed by atoms with Crippen LogP contribution in [-0.4, -0.2) is 51.1 Å². The topological polar surface area (TPSA) is 89.2 Å². The van der Waals surface area contributed by atoms with Crippen molar-refractivity contribution >= 4 is 17.4 Å². The smallest absolute Gasteiger partial charge is 0.214 e. The summed E-state index contributed by atoms with van der Waals surface area (Å²) in [4.78, 5) is 13.6. The zero-order valence-electron chi connectivity index (χ0n) is 15.7. The van der Waals surface area contributed by atoms with E-state index in [-0.39, 0.29) is 29.2 Å². The minimum atomic E-state index is -1.12. The molecular formula is C19H24ClNO6. The third-order valence-electron chi connectivity index (χ3n) is 6.06. The van der Waals surface area contributed by atoms with Crippen molar-refractivity contribution in [1.82, 2.24) is 0 Å². The van der Waals surface area contributed by atoms with Crippen LogP contribution in [0.4, 0.5) is 0 Å². The van der Waals surface area contributed by atoms with Crippen molar-refractivity contribution in [3.05, 3.63) is 16.7 Å². The van der Waals surface area contributed by atoms with Crippen LogP contribution in [0.1, 0.15) is 30.1 Å². The van der Waals surface area contributed by atoms with Gasteiger partial charge >= 0.3 is 0 Å². The number of rotatable bonds is 3. The normalized spacial score (nSPS) is 31.2. The molecule has 1 saturated carbocycles. The molecule has 2 heterocycles. The maximum absolute atomic E-state index is 13.6. The number of methoxy groups -OCH3 is 2. The highest BCUT2D eigenvalue weighted by Crippen LogP contribution is 2.57. The van der Waals surface area contributed by atoms with Gasteiger partial charge in [-0.05, 0) is 6.54 Å². The Balaban J connectivity index is 1.81. The molecular weight excluding hydrogens is 374 g/mol. The second kappa shape index (κ2) is 6.51. The molecule has 4 rings (SSSR count). The fraction of sp³-hybridized carbons (Fsp3) is 0.632. The summed E-state index contributed by atoms with van der Waals surface area (Å²) in [6, 6.07) is 1.61. The summed E-state index contributed by atoms with van der Waals surface area (Å²) < 4.78 is 28.9. The number of Topliss-reactive ketones (excluding diaryl/α,β-unsaturated/α-hetero) is 1. The number of ketones is 1. The molecule has 0 amide bonds. The van der Waals surface area contributed by atoms with Gasteiger partial charge in [0.05, 0.1) is 27.4 Å². The van der Waals surface area contributed by atoms with E-state index in [2.05, 4.69) is 0 Å². The monoisotopic (exact) mass is 397 g/mol. The Morgan fingerprint density at radius 3 is 2.48 bits per heavy atom. The minimum Gasteiger partial charge on any atom is -0.496 e. The lowest BCUT2D eigenvalue weighted by Crippen LogP contribution is -2.62. The van der Waals surface area contributed by atoms with E-state index in [4.69, 9.17) is 41.0 Å². The Morgan fingerprint density at radius 1 is 1.22 bits per heavy atom. The highest BCUT2D eigenvalue weighted by atomic mass is 35.5. The highest BCUT2D eigenvalue weighted by molar-refractivity contribution is 6.35. The van der Waals surface area contributed by atoms with E-state index in [9.17, 15) is 4.79 Å². The van der Waals surface area contributed by atoms with Crippen LogP contribution < -0.4 is 19.9 Å². The lowest BCUT2D eigenvalue weighted by atomic mass is 9.64. The fourth-order valence-corrected chi connectivity index (χ4v) is 5.10. The molecule has 1 aliphatic carbocycles. The van der Waals surface area contributed by atoms with Gasteiger partial charge in [0.15, 0.2) is 17.1 Å². The number of ether oxygens (including phenoxy) is 5. The third-order valence-corrected chi connectivity index (χ3v) is 6.41. The van der Waals surface area contributed by atoms with Crippen LogP contribution in [-0.2, 0) is 9.47 Å². The number of hydrogen-bond donors (Lipinski definition) is 1. The largest absolute Gasteiger partial charge is 0.496 e. The van der Waals surface area contributed by atoms with Crippen molar-refractivity contribution in [1.29, 1.82) is 0 Å². The molecule has 0 bridgehead atoms. The summed E-state index contributed by atoms with van der Waals surface area (Å²) in [5.74, 6) is -0.259. The van der Waals surface area contributed by atoms with Crippen molar-refractivity contribution in [3.63, 3.8) is 0 Å². The molecule has 3 atom stereocenters. The molecule has 2 fully saturated rings. The first-order valence-electron chi connectivity index (χ1n) is 9.08. The van der Waals surface area contributed by atoms with E-state index in [1.165, 1.54) is 14.2 Å². The molecule has 8 heteroatoms. The van der Waals surface area contributed by atoms with E-state index in [0.29, 0.717) is 48.9 Å². The number of benzene rings is 1. The van der Waals surface area contributed by atoms with Gasteiger partial charge in [-0.1, -0.05) is 18.5 Å². The van der Waals surface area contributed by atoms with E-state index in [0.717, 1.165) is 0 Å². The Bertz CT molecular complexity index is 778. The molecule has 1 unspecified atom stereocenters. The standard InChI is InChI=1S/C19H24ClNO6/c1-10-7-18(25-4-5-26-18)8-11(9-21)19(10)17(22)14-12(23-2)6-13(24-3)15(20)16(14)27-19/h6,10-11H,4-5,7-9,21H2,1-3H3/t10-,11?,19+/m1/s1. The van der Waals surface area contributed by atoms with Gasteiger partial charge in [-0.15, -0.1) is 0 Å². The number of hydrogen-bond acceptors (Lipinski definition) is 7. The van der Waals surface area contributed by atoms with Crippen molar-refractivity contribution in [2.24, 2.45) is 17.6 Å². The molecule has 7 nitrogen and oxygen atoms in total. The third kappa shape index (κ3) is 2.49. The highest BCUT2D eigenvalue weighted by Gasteiger charge is 2.64. The molecule has 1 aromatic rings.